The van der Waals surface area contributed by atoms with Crippen molar-refractivity contribution >= 4 is 0 Å². The summed E-state index contributed by atoms with van der Waals surface area (Å²) in [6.07, 6.45) is -1.25. The zero-order valence-corrected chi connectivity index (χ0v) is 11.0. The van der Waals surface area contributed by atoms with E-state index in [0.29, 0.717) is 6.54 Å². The molecule has 0 spiro atoms. The number of nitrogens with one attached hydrogen (secondary N) is 1. The van der Waals surface area contributed by atoms with Crippen LogP contribution in [0.25, 0.3) is 0 Å². The number of hydrogen-bond acceptors (Lipinski definition) is 6. The van der Waals surface area contributed by atoms with Crippen LogP contribution < -0.4 is 0 Å². The van der Waals surface area contributed by atoms with Gasteiger partial charge in [-0.15, -0.1) is 0 Å². The van der Waals surface area contributed by atoms with Gasteiger partial charge in [0.05, 0.1) is 6.54 Å². The summed E-state index contributed by atoms with van der Waals surface area (Å²) in [6.45, 7) is 1.64. The second-order valence-electron chi connectivity index (χ2n) is 4.95. The second-order valence-corrected chi connectivity index (χ2v) is 4.95. The van der Waals surface area contributed by atoms with Crippen molar-refractivity contribution in [3.63, 3.8) is 0 Å². The summed E-state index contributed by atoms with van der Waals surface area (Å²) < 4.78 is 41.9. The molecule has 0 radical (unpaired) electrons. The third-order valence-electron chi connectivity index (χ3n) is 3.41. The Morgan fingerprint density at radius 3 is 2.95 bits per heavy atom. The van der Waals surface area contributed by atoms with Gasteiger partial charge < -0.3 is 4.52 Å². The van der Waals surface area contributed by atoms with Gasteiger partial charge in [-0.25, -0.2) is 4.98 Å². The molecule has 2 aromatic heterocycles. The fraction of sp³-hybridized carbons (Fsp3) is 0.636. The van der Waals surface area contributed by atoms with Gasteiger partial charge in [-0.3, -0.25) is 10.00 Å². The van der Waals surface area contributed by atoms with Gasteiger partial charge in [0.1, 0.15) is 12.2 Å². The van der Waals surface area contributed by atoms with Crippen molar-refractivity contribution in [3.8, 4) is 0 Å². The largest absolute Gasteiger partial charge is 0.455 e. The monoisotopic (exact) mass is 302 g/mol. The van der Waals surface area contributed by atoms with Crippen LogP contribution in [0.15, 0.2) is 10.9 Å². The van der Waals surface area contributed by atoms with Gasteiger partial charge in [0.15, 0.2) is 0 Å². The molecule has 114 valence electrons. The van der Waals surface area contributed by atoms with Crippen LogP contribution in [0.1, 0.15) is 36.3 Å². The molecule has 0 aliphatic carbocycles. The molecule has 2 aromatic rings. The van der Waals surface area contributed by atoms with E-state index in [-0.39, 0.29) is 18.4 Å². The number of likely N-dealkylation sites (tertiary alicyclic amines) is 1. The Morgan fingerprint density at radius 1 is 1.43 bits per heavy atom. The molecule has 1 atom stereocenters. The van der Waals surface area contributed by atoms with E-state index in [1.165, 1.54) is 6.33 Å². The lowest BCUT2D eigenvalue weighted by Gasteiger charge is -2.30. The minimum atomic E-state index is -4.58. The van der Waals surface area contributed by atoms with E-state index < -0.39 is 12.0 Å². The van der Waals surface area contributed by atoms with Crippen LogP contribution in [0, 0.1) is 0 Å². The van der Waals surface area contributed by atoms with Crippen molar-refractivity contribution in [2.24, 2.45) is 0 Å². The van der Waals surface area contributed by atoms with Gasteiger partial charge in [-0.1, -0.05) is 5.16 Å². The molecule has 0 amide bonds. The molecule has 3 heterocycles. The number of alkyl halides is 3. The fourth-order valence-electron chi connectivity index (χ4n) is 2.46. The van der Waals surface area contributed by atoms with Crippen molar-refractivity contribution in [2.45, 2.75) is 31.5 Å². The van der Waals surface area contributed by atoms with Crippen molar-refractivity contribution in [3.05, 3.63) is 23.9 Å². The number of aromatic amines is 1. The Kier molecular flexibility index (Phi) is 3.62. The van der Waals surface area contributed by atoms with Crippen molar-refractivity contribution < 1.29 is 17.7 Å². The van der Waals surface area contributed by atoms with Gasteiger partial charge in [0.2, 0.25) is 5.89 Å². The normalized spacial score (nSPS) is 20.8. The molecular formula is C11H13F3N6O. The lowest BCUT2D eigenvalue weighted by atomic mass is 9.97. The number of H-pyrrole nitrogens is 1. The topological polar surface area (TPSA) is 83.7 Å². The van der Waals surface area contributed by atoms with Crippen LogP contribution >= 0.6 is 0 Å². The standard InChI is InChI=1S/C11H13F3N6O/c12-11(13,14)10-17-8(21-19-10)5-20-3-1-2-7(4-20)9-15-6-16-18-9/h6-7H,1-5H2,(H,15,16,18)/t7-/m1/s1. The third kappa shape index (κ3) is 3.20. The maximum Gasteiger partial charge on any atom is 0.455 e. The first-order valence-corrected chi connectivity index (χ1v) is 6.50. The van der Waals surface area contributed by atoms with Gasteiger partial charge in [-0.05, 0) is 19.4 Å². The SMILES string of the molecule is FC(F)(F)c1noc(CN2CCC[C@@H](c3ncn[nH]3)C2)n1. The molecule has 0 saturated carbocycles. The van der Waals surface area contributed by atoms with E-state index in [1.54, 1.807) is 0 Å². The molecule has 1 aliphatic rings. The summed E-state index contributed by atoms with van der Waals surface area (Å²) >= 11 is 0. The molecule has 7 nitrogen and oxygen atoms in total. The maximum absolute atomic E-state index is 12.4. The fourth-order valence-corrected chi connectivity index (χ4v) is 2.46. The summed E-state index contributed by atoms with van der Waals surface area (Å²) in [5, 5.41) is 9.60. The summed E-state index contributed by atoms with van der Waals surface area (Å²) in [5.41, 5.74) is 0. The van der Waals surface area contributed by atoms with E-state index in [4.69, 9.17) is 0 Å². The Balaban J connectivity index is 1.63. The highest BCUT2D eigenvalue weighted by Crippen LogP contribution is 2.28. The first-order chi connectivity index (χ1) is 10.0. The quantitative estimate of drug-likeness (QED) is 0.927. The molecule has 10 heteroatoms. The van der Waals surface area contributed by atoms with Crippen molar-refractivity contribution in [2.75, 3.05) is 13.1 Å². The number of rotatable bonds is 3. The minimum Gasteiger partial charge on any atom is -0.338 e. The highest BCUT2D eigenvalue weighted by molar-refractivity contribution is 4.98. The average Bonchev–Trinajstić information content (AvgIpc) is 3.09. The van der Waals surface area contributed by atoms with E-state index in [1.807, 2.05) is 4.90 Å². The number of halogens is 3. The van der Waals surface area contributed by atoms with Crippen LogP contribution in [0.3, 0.4) is 0 Å². The average molecular weight is 302 g/mol. The molecule has 3 rings (SSSR count). The van der Waals surface area contributed by atoms with Gasteiger partial charge in [-0.2, -0.15) is 23.3 Å². The molecule has 21 heavy (non-hydrogen) atoms. The predicted molar refractivity (Wildman–Crippen MR) is 62.9 cm³/mol. The lowest BCUT2D eigenvalue weighted by Crippen LogP contribution is -2.34. The summed E-state index contributed by atoms with van der Waals surface area (Å²) in [7, 11) is 0. The van der Waals surface area contributed by atoms with Crippen LogP contribution in [-0.4, -0.2) is 43.3 Å². The molecular weight excluding hydrogens is 289 g/mol. The first-order valence-electron chi connectivity index (χ1n) is 6.50. The van der Waals surface area contributed by atoms with Crippen LogP contribution in [-0.2, 0) is 12.7 Å². The molecule has 0 aromatic carbocycles. The maximum atomic E-state index is 12.4. The molecule has 1 aliphatic heterocycles. The van der Waals surface area contributed by atoms with Gasteiger partial charge in [0.25, 0.3) is 5.82 Å². The van der Waals surface area contributed by atoms with E-state index in [2.05, 4.69) is 29.8 Å². The Bertz CT molecular complexity index is 581. The highest BCUT2D eigenvalue weighted by Gasteiger charge is 2.37. The Labute approximate surface area is 117 Å². The third-order valence-corrected chi connectivity index (χ3v) is 3.41. The highest BCUT2D eigenvalue weighted by atomic mass is 19.4. The lowest BCUT2D eigenvalue weighted by molar-refractivity contribution is -0.146. The van der Waals surface area contributed by atoms with Crippen LogP contribution in [0.2, 0.25) is 0 Å². The zero-order valence-electron chi connectivity index (χ0n) is 11.0. The van der Waals surface area contributed by atoms with E-state index >= 15 is 0 Å². The number of nitrogens with zero attached hydrogens (tertiary/aromatic N) is 5. The van der Waals surface area contributed by atoms with Gasteiger partial charge in [0, 0.05) is 12.5 Å². The Hall–Kier alpha value is -1.97. The van der Waals surface area contributed by atoms with Gasteiger partial charge >= 0.3 is 6.18 Å². The molecule has 0 unspecified atom stereocenters. The molecule has 0 bridgehead atoms. The summed E-state index contributed by atoms with van der Waals surface area (Å²) in [4.78, 5) is 9.48. The molecule has 1 N–H and O–H groups in total. The minimum absolute atomic E-state index is 0.0273. The number of piperidine rings is 1. The summed E-state index contributed by atoms with van der Waals surface area (Å²) in [6, 6.07) is 0. The predicted octanol–water partition coefficient (Wildman–Crippen LogP) is 1.59. The molecule has 1 saturated heterocycles. The van der Waals surface area contributed by atoms with Crippen LogP contribution in [0.4, 0.5) is 13.2 Å². The van der Waals surface area contributed by atoms with E-state index in [0.717, 1.165) is 25.2 Å². The molecule has 1 fully saturated rings. The van der Waals surface area contributed by atoms with Crippen LogP contribution in [0.5, 0.6) is 0 Å². The van der Waals surface area contributed by atoms with E-state index in [9.17, 15) is 13.2 Å². The van der Waals surface area contributed by atoms with Crippen molar-refractivity contribution in [1.29, 1.82) is 0 Å². The Morgan fingerprint density at radius 2 is 2.29 bits per heavy atom. The number of aromatic nitrogens is 5. The second kappa shape index (κ2) is 5.43. The summed E-state index contributed by atoms with van der Waals surface area (Å²) in [5.74, 6) is -0.283. The van der Waals surface area contributed by atoms with Crippen molar-refractivity contribution in [1.82, 2.24) is 30.2 Å². The number of hydrogen-bond donors (Lipinski definition) is 1. The zero-order chi connectivity index (χ0) is 14.9. The smallest absolute Gasteiger partial charge is 0.338 e. The first kappa shape index (κ1) is 14.0.